The molecule has 5 rings (SSSR count). The Labute approximate surface area is 222 Å². The Hall–Kier alpha value is -3.95. The summed E-state index contributed by atoms with van der Waals surface area (Å²) < 4.78 is 22.2. The first kappa shape index (κ1) is 25.7. The molecule has 3 aliphatic heterocycles. The number of fused-ring (bicyclic) bond motifs is 2. The maximum absolute atomic E-state index is 13.1. The molecule has 2 aromatic rings. The van der Waals surface area contributed by atoms with E-state index in [1.165, 1.54) is 0 Å². The van der Waals surface area contributed by atoms with E-state index in [1.807, 2.05) is 45.0 Å². The van der Waals surface area contributed by atoms with Gasteiger partial charge in [0.15, 0.2) is 6.61 Å². The van der Waals surface area contributed by atoms with Gasteiger partial charge in [-0.15, -0.1) is 0 Å². The molecule has 2 fully saturated rings. The van der Waals surface area contributed by atoms with Gasteiger partial charge in [0.05, 0.1) is 25.9 Å². The van der Waals surface area contributed by atoms with Gasteiger partial charge in [-0.05, 0) is 63.1 Å². The van der Waals surface area contributed by atoms with Gasteiger partial charge >= 0.3 is 12.2 Å². The number of rotatable bonds is 4. The molecular formula is C28H33N3O7. The second-order valence-corrected chi connectivity index (χ2v) is 10.8. The van der Waals surface area contributed by atoms with Crippen LogP contribution in [0.5, 0.6) is 11.5 Å². The zero-order valence-electron chi connectivity index (χ0n) is 22.1. The van der Waals surface area contributed by atoms with E-state index in [-0.39, 0.29) is 18.4 Å². The molecule has 202 valence electrons. The van der Waals surface area contributed by atoms with Crippen molar-refractivity contribution >= 4 is 29.5 Å². The van der Waals surface area contributed by atoms with E-state index in [2.05, 4.69) is 0 Å². The fourth-order valence-corrected chi connectivity index (χ4v) is 4.96. The number of anilines is 2. The number of likely N-dealkylation sites (tertiary alicyclic amines) is 1. The van der Waals surface area contributed by atoms with E-state index in [4.69, 9.17) is 18.9 Å². The summed E-state index contributed by atoms with van der Waals surface area (Å²) in [5.74, 6) is 1.22. The number of ether oxygens (including phenoxy) is 4. The van der Waals surface area contributed by atoms with Crippen molar-refractivity contribution in [3.63, 3.8) is 0 Å². The molecule has 0 aliphatic carbocycles. The zero-order valence-corrected chi connectivity index (χ0v) is 22.1. The lowest BCUT2D eigenvalue weighted by Crippen LogP contribution is -2.57. The highest BCUT2D eigenvalue weighted by atomic mass is 16.6. The zero-order chi connectivity index (χ0) is 27.0. The lowest BCUT2D eigenvalue weighted by molar-refractivity contribution is -0.121. The number of piperidine rings is 1. The fraction of sp³-hybridized carbons (Fsp3) is 0.464. The van der Waals surface area contributed by atoms with Gasteiger partial charge in [-0.3, -0.25) is 9.69 Å². The van der Waals surface area contributed by atoms with Crippen LogP contribution in [0.4, 0.5) is 21.0 Å². The molecule has 0 bridgehead atoms. The van der Waals surface area contributed by atoms with Crippen LogP contribution in [0.3, 0.4) is 0 Å². The van der Waals surface area contributed by atoms with Crippen molar-refractivity contribution in [2.75, 3.05) is 43.2 Å². The van der Waals surface area contributed by atoms with Crippen molar-refractivity contribution < 1.29 is 33.3 Å². The quantitative estimate of drug-likeness (QED) is 0.592. The Morgan fingerprint density at radius 3 is 2.55 bits per heavy atom. The van der Waals surface area contributed by atoms with Crippen LogP contribution in [0, 0.1) is 5.92 Å². The monoisotopic (exact) mass is 523 g/mol. The Balaban J connectivity index is 1.31. The van der Waals surface area contributed by atoms with E-state index < -0.39 is 23.9 Å². The summed E-state index contributed by atoms with van der Waals surface area (Å²) in [5, 5.41) is 0. The van der Waals surface area contributed by atoms with Crippen LogP contribution in [-0.2, 0) is 20.8 Å². The van der Waals surface area contributed by atoms with E-state index in [1.54, 1.807) is 40.0 Å². The van der Waals surface area contributed by atoms with Crippen LogP contribution in [0.1, 0.15) is 32.8 Å². The molecule has 0 aromatic heterocycles. The Bertz CT molecular complexity index is 1220. The SMILES string of the molecule is COc1ccc(CN2C(=O)COc3ccc(N4C[C@H]5CCN(C(=O)OC(C)(C)C)C[C@@H]5OC4=O)cc32)cc1. The van der Waals surface area contributed by atoms with Crippen LogP contribution < -0.4 is 19.3 Å². The van der Waals surface area contributed by atoms with E-state index in [0.29, 0.717) is 49.7 Å². The van der Waals surface area contributed by atoms with Gasteiger partial charge in [0.2, 0.25) is 0 Å². The van der Waals surface area contributed by atoms with Crippen LogP contribution in [0.15, 0.2) is 42.5 Å². The highest BCUT2D eigenvalue weighted by molar-refractivity contribution is 5.99. The molecular weight excluding hydrogens is 490 g/mol. The van der Waals surface area contributed by atoms with Gasteiger partial charge in [-0.2, -0.15) is 0 Å². The fourth-order valence-electron chi connectivity index (χ4n) is 4.96. The van der Waals surface area contributed by atoms with Gasteiger partial charge in [0.1, 0.15) is 23.2 Å². The largest absolute Gasteiger partial charge is 0.497 e. The molecule has 10 nitrogen and oxygen atoms in total. The topological polar surface area (TPSA) is 97.8 Å². The van der Waals surface area contributed by atoms with Crippen LogP contribution in [0.25, 0.3) is 0 Å². The molecule has 2 saturated heterocycles. The average Bonchev–Trinajstić information content (AvgIpc) is 2.88. The maximum Gasteiger partial charge on any atom is 0.414 e. The molecule has 0 N–H and O–H groups in total. The molecule has 0 unspecified atom stereocenters. The lowest BCUT2D eigenvalue weighted by atomic mass is 9.92. The summed E-state index contributed by atoms with van der Waals surface area (Å²) in [7, 11) is 1.61. The third kappa shape index (κ3) is 5.34. The van der Waals surface area contributed by atoms with Gasteiger partial charge < -0.3 is 28.7 Å². The second kappa shape index (κ2) is 10.1. The number of amides is 3. The molecule has 10 heteroatoms. The molecule has 2 atom stereocenters. The lowest BCUT2D eigenvalue weighted by Gasteiger charge is -2.44. The van der Waals surface area contributed by atoms with Gasteiger partial charge in [-0.25, -0.2) is 9.59 Å². The minimum absolute atomic E-state index is 0.0494. The van der Waals surface area contributed by atoms with Crippen molar-refractivity contribution in [1.82, 2.24) is 4.90 Å². The summed E-state index contributed by atoms with van der Waals surface area (Å²) in [4.78, 5) is 43.3. The van der Waals surface area contributed by atoms with Crippen molar-refractivity contribution in [2.45, 2.75) is 45.4 Å². The molecule has 0 radical (unpaired) electrons. The predicted molar refractivity (Wildman–Crippen MR) is 140 cm³/mol. The normalized spacial score (nSPS) is 21.2. The van der Waals surface area contributed by atoms with Crippen molar-refractivity contribution in [3.05, 3.63) is 48.0 Å². The summed E-state index contributed by atoms with van der Waals surface area (Å²) in [6.45, 7) is 7.08. The number of hydrogen-bond acceptors (Lipinski definition) is 7. The molecule has 3 aliphatic rings. The Morgan fingerprint density at radius 2 is 1.84 bits per heavy atom. The number of methoxy groups -OCH3 is 1. The van der Waals surface area contributed by atoms with E-state index in [9.17, 15) is 14.4 Å². The van der Waals surface area contributed by atoms with Gasteiger partial charge in [-0.1, -0.05) is 12.1 Å². The van der Waals surface area contributed by atoms with Gasteiger partial charge in [0, 0.05) is 24.7 Å². The standard InChI is InChI=1S/C28H33N3O7/c1-28(2,3)38-26(33)29-12-11-19-15-30(27(34)37-24(19)16-29)20-7-10-23-22(13-20)31(25(32)17-36-23)14-18-5-8-21(35-4)9-6-18/h5-10,13,19,24H,11-12,14-17H2,1-4H3/t19-,24+/m1/s1. The van der Waals surface area contributed by atoms with Crippen LogP contribution >= 0.6 is 0 Å². The summed E-state index contributed by atoms with van der Waals surface area (Å²) in [5.41, 5.74) is 1.57. The molecule has 2 aromatic carbocycles. The van der Waals surface area contributed by atoms with Crippen LogP contribution in [-0.4, -0.2) is 68.0 Å². The molecule has 3 amide bonds. The van der Waals surface area contributed by atoms with E-state index in [0.717, 1.165) is 11.3 Å². The Morgan fingerprint density at radius 1 is 1.08 bits per heavy atom. The third-order valence-corrected chi connectivity index (χ3v) is 6.93. The molecule has 0 saturated carbocycles. The van der Waals surface area contributed by atoms with Crippen molar-refractivity contribution in [2.24, 2.45) is 5.92 Å². The smallest absolute Gasteiger partial charge is 0.414 e. The number of benzene rings is 2. The minimum atomic E-state index is -0.590. The summed E-state index contributed by atoms with van der Waals surface area (Å²) in [6.07, 6.45) is -0.592. The summed E-state index contributed by atoms with van der Waals surface area (Å²) >= 11 is 0. The summed E-state index contributed by atoms with van der Waals surface area (Å²) in [6, 6.07) is 12.9. The number of hydrogen-bond donors (Lipinski definition) is 0. The number of carbonyl (C=O) groups excluding carboxylic acids is 3. The maximum atomic E-state index is 13.1. The first-order valence-electron chi connectivity index (χ1n) is 12.8. The molecule has 38 heavy (non-hydrogen) atoms. The minimum Gasteiger partial charge on any atom is -0.497 e. The highest BCUT2D eigenvalue weighted by Gasteiger charge is 2.42. The highest BCUT2D eigenvalue weighted by Crippen LogP contribution is 2.38. The first-order chi connectivity index (χ1) is 18.1. The van der Waals surface area contributed by atoms with Gasteiger partial charge in [0.25, 0.3) is 5.91 Å². The predicted octanol–water partition coefficient (Wildman–Crippen LogP) is 4.20. The van der Waals surface area contributed by atoms with E-state index >= 15 is 0 Å². The average molecular weight is 524 g/mol. The van der Waals surface area contributed by atoms with Crippen molar-refractivity contribution in [1.29, 1.82) is 0 Å². The van der Waals surface area contributed by atoms with Crippen molar-refractivity contribution in [3.8, 4) is 11.5 Å². The Kier molecular flexibility index (Phi) is 6.81. The number of carbonyl (C=O) groups is 3. The molecule has 0 spiro atoms. The van der Waals surface area contributed by atoms with Crippen LogP contribution in [0.2, 0.25) is 0 Å². The molecule has 3 heterocycles. The third-order valence-electron chi connectivity index (χ3n) is 6.93. The first-order valence-corrected chi connectivity index (χ1v) is 12.8. The number of nitrogens with zero attached hydrogens (tertiary/aromatic N) is 3. The second-order valence-electron chi connectivity index (χ2n) is 10.8.